The summed E-state index contributed by atoms with van der Waals surface area (Å²) in [6.07, 6.45) is 3.93. The van der Waals surface area contributed by atoms with Crippen LogP contribution in [0.25, 0.3) is 0 Å². The van der Waals surface area contributed by atoms with E-state index in [4.69, 9.17) is 0 Å². The fourth-order valence-corrected chi connectivity index (χ4v) is 2.62. The molecule has 2 rings (SSSR count). The first-order chi connectivity index (χ1) is 12.1. The summed E-state index contributed by atoms with van der Waals surface area (Å²) in [6, 6.07) is 15.7. The van der Waals surface area contributed by atoms with Crippen molar-refractivity contribution in [2.45, 2.75) is 33.6 Å². The van der Waals surface area contributed by atoms with Crippen LogP contribution in [0.1, 0.15) is 48.2 Å². The average Bonchev–Trinajstić information content (AvgIpc) is 2.62. The van der Waals surface area contributed by atoms with Crippen LogP contribution in [0.3, 0.4) is 0 Å². The molecule has 25 heavy (non-hydrogen) atoms. The molecular formula is C21H27N3O. The van der Waals surface area contributed by atoms with Gasteiger partial charge in [-0.05, 0) is 49.6 Å². The van der Waals surface area contributed by atoms with Crippen molar-refractivity contribution in [2.24, 2.45) is 5.10 Å². The van der Waals surface area contributed by atoms with Crippen LogP contribution in [0.15, 0.2) is 53.6 Å². The molecule has 0 aliphatic heterocycles. The van der Waals surface area contributed by atoms with Crippen LogP contribution >= 0.6 is 0 Å². The molecule has 0 atom stereocenters. The van der Waals surface area contributed by atoms with Gasteiger partial charge in [0.15, 0.2) is 0 Å². The number of rotatable bonds is 8. The van der Waals surface area contributed by atoms with E-state index in [9.17, 15) is 4.79 Å². The lowest BCUT2D eigenvalue weighted by molar-refractivity contribution is 0.0955. The topological polar surface area (TPSA) is 44.7 Å². The summed E-state index contributed by atoms with van der Waals surface area (Å²) in [4.78, 5) is 14.4. The van der Waals surface area contributed by atoms with Gasteiger partial charge in [-0.1, -0.05) is 43.7 Å². The highest BCUT2D eigenvalue weighted by Gasteiger charge is 2.04. The Balaban J connectivity index is 1.94. The Bertz CT molecular complexity index is 684. The molecule has 0 fully saturated rings. The molecule has 0 bridgehead atoms. The number of anilines is 1. The van der Waals surface area contributed by atoms with Crippen molar-refractivity contribution in [1.82, 2.24) is 5.43 Å². The summed E-state index contributed by atoms with van der Waals surface area (Å²) < 4.78 is 0. The fraction of sp³-hybridized carbons (Fsp3) is 0.333. The lowest BCUT2D eigenvalue weighted by Gasteiger charge is -2.23. The van der Waals surface area contributed by atoms with Gasteiger partial charge in [0.05, 0.1) is 6.21 Å². The van der Waals surface area contributed by atoms with Crippen LogP contribution in [0.2, 0.25) is 0 Å². The van der Waals surface area contributed by atoms with Gasteiger partial charge >= 0.3 is 0 Å². The highest BCUT2D eigenvalue weighted by atomic mass is 16.2. The van der Waals surface area contributed by atoms with Crippen LogP contribution in [0.4, 0.5) is 5.69 Å². The molecule has 0 radical (unpaired) electrons. The van der Waals surface area contributed by atoms with Gasteiger partial charge in [-0.15, -0.1) is 0 Å². The van der Waals surface area contributed by atoms with Crippen molar-refractivity contribution in [3.8, 4) is 0 Å². The largest absolute Gasteiger partial charge is 0.372 e. The first-order valence-electron chi connectivity index (χ1n) is 8.89. The second-order valence-electron chi connectivity index (χ2n) is 6.14. The number of nitrogens with zero attached hydrogens (tertiary/aromatic N) is 2. The molecule has 0 saturated heterocycles. The maximum Gasteiger partial charge on any atom is 0.271 e. The van der Waals surface area contributed by atoms with Crippen LogP contribution in [-0.2, 0) is 0 Å². The maximum atomic E-state index is 12.0. The minimum Gasteiger partial charge on any atom is -0.372 e. The maximum absolute atomic E-state index is 12.0. The van der Waals surface area contributed by atoms with Crippen molar-refractivity contribution >= 4 is 17.8 Å². The van der Waals surface area contributed by atoms with Gasteiger partial charge in [0.1, 0.15) is 0 Å². The Kier molecular flexibility index (Phi) is 7.20. The molecule has 2 aromatic rings. The number of nitrogens with one attached hydrogen (secondary N) is 1. The molecule has 132 valence electrons. The quantitative estimate of drug-likeness (QED) is 0.574. The first kappa shape index (κ1) is 18.7. The molecule has 0 aliphatic rings. The van der Waals surface area contributed by atoms with E-state index in [0.717, 1.165) is 37.1 Å². The lowest BCUT2D eigenvalue weighted by Crippen LogP contribution is -2.24. The second-order valence-corrected chi connectivity index (χ2v) is 6.14. The Morgan fingerprint density at radius 1 is 1.00 bits per heavy atom. The highest BCUT2D eigenvalue weighted by molar-refractivity contribution is 5.94. The molecule has 0 unspecified atom stereocenters. The average molecular weight is 337 g/mol. The van der Waals surface area contributed by atoms with Gasteiger partial charge in [-0.2, -0.15) is 5.10 Å². The third-order valence-electron chi connectivity index (χ3n) is 3.94. The van der Waals surface area contributed by atoms with Crippen molar-refractivity contribution in [2.75, 3.05) is 18.0 Å². The van der Waals surface area contributed by atoms with E-state index in [1.807, 2.05) is 31.2 Å². The van der Waals surface area contributed by atoms with Crippen molar-refractivity contribution < 1.29 is 4.79 Å². The number of hydrogen-bond donors (Lipinski definition) is 1. The van der Waals surface area contributed by atoms with Gasteiger partial charge in [0, 0.05) is 24.3 Å². The van der Waals surface area contributed by atoms with Crippen molar-refractivity contribution in [3.63, 3.8) is 0 Å². The minimum atomic E-state index is -0.204. The summed E-state index contributed by atoms with van der Waals surface area (Å²) in [5, 5.41) is 4.05. The Morgan fingerprint density at radius 3 is 2.16 bits per heavy atom. The van der Waals surface area contributed by atoms with E-state index in [2.05, 4.69) is 41.4 Å². The summed E-state index contributed by atoms with van der Waals surface area (Å²) in [6.45, 7) is 8.51. The van der Waals surface area contributed by atoms with Gasteiger partial charge in [-0.3, -0.25) is 4.79 Å². The molecule has 0 saturated carbocycles. The van der Waals surface area contributed by atoms with E-state index < -0.39 is 0 Å². The SMILES string of the molecule is CCCN(CCC)c1ccc(C=NNC(=O)c2ccc(C)cc2)cc1. The molecule has 1 N–H and O–H groups in total. The molecule has 0 aliphatic carbocycles. The monoisotopic (exact) mass is 337 g/mol. The first-order valence-corrected chi connectivity index (χ1v) is 8.89. The van der Waals surface area contributed by atoms with Gasteiger partial charge in [0.25, 0.3) is 5.91 Å². The summed E-state index contributed by atoms with van der Waals surface area (Å²) in [5.74, 6) is -0.204. The molecule has 0 spiro atoms. The number of aryl methyl sites for hydroxylation is 1. The third-order valence-corrected chi connectivity index (χ3v) is 3.94. The van der Waals surface area contributed by atoms with Gasteiger partial charge in [-0.25, -0.2) is 5.43 Å². The van der Waals surface area contributed by atoms with Gasteiger partial charge < -0.3 is 4.90 Å². The number of hydrogen-bond acceptors (Lipinski definition) is 3. The molecular weight excluding hydrogens is 310 g/mol. The molecule has 4 nitrogen and oxygen atoms in total. The van der Waals surface area contributed by atoms with Crippen molar-refractivity contribution in [1.29, 1.82) is 0 Å². The standard InChI is InChI=1S/C21H27N3O/c1-4-14-24(15-5-2)20-12-8-18(9-13-20)16-22-23-21(25)19-10-6-17(3)7-11-19/h6-13,16H,4-5,14-15H2,1-3H3,(H,23,25). The Hall–Kier alpha value is -2.62. The van der Waals surface area contributed by atoms with Gasteiger partial charge in [0.2, 0.25) is 0 Å². The number of carbonyl (C=O) groups is 1. The van der Waals surface area contributed by atoms with Crippen LogP contribution in [0.5, 0.6) is 0 Å². The number of hydrazone groups is 1. The van der Waals surface area contributed by atoms with E-state index in [-0.39, 0.29) is 5.91 Å². The van der Waals surface area contributed by atoms with E-state index in [0.29, 0.717) is 5.56 Å². The zero-order valence-electron chi connectivity index (χ0n) is 15.3. The van der Waals surface area contributed by atoms with E-state index in [1.165, 1.54) is 5.69 Å². The smallest absolute Gasteiger partial charge is 0.271 e. The Morgan fingerprint density at radius 2 is 1.60 bits per heavy atom. The normalized spacial score (nSPS) is 10.8. The molecule has 2 aromatic carbocycles. The van der Waals surface area contributed by atoms with Crippen LogP contribution < -0.4 is 10.3 Å². The molecule has 0 heterocycles. The predicted molar refractivity (Wildman–Crippen MR) is 105 cm³/mol. The second kappa shape index (κ2) is 9.62. The number of carbonyl (C=O) groups excluding carboxylic acids is 1. The number of amides is 1. The van der Waals surface area contributed by atoms with Crippen LogP contribution in [0, 0.1) is 6.92 Å². The number of benzene rings is 2. The summed E-state index contributed by atoms with van der Waals surface area (Å²) in [7, 11) is 0. The zero-order valence-corrected chi connectivity index (χ0v) is 15.3. The highest BCUT2D eigenvalue weighted by Crippen LogP contribution is 2.15. The van der Waals surface area contributed by atoms with E-state index >= 15 is 0 Å². The van der Waals surface area contributed by atoms with Crippen LogP contribution in [-0.4, -0.2) is 25.2 Å². The van der Waals surface area contributed by atoms with Crippen molar-refractivity contribution in [3.05, 3.63) is 65.2 Å². The summed E-state index contributed by atoms with van der Waals surface area (Å²) in [5.41, 5.74) is 6.48. The van der Waals surface area contributed by atoms with E-state index in [1.54, 1.807) is 18.3 Å². The minimum absolute atomic E-state index is 0.204. The molecule has 4 heteroatoms. The fourth-order valence-electron chi connectivity index (χ4n) is 2.62. The predicted octanol–water partition coefficient (Wildman–Crippen LogP) is 4.39. The third kappa shape index (κ3) is 5.75. The lowest BCUT2D eigenvalue weighted by atomic mass is 10.1. The summed E-state index contributed by atoms with van der Waals surface area (Å²) >= 11 is 0. The molecule has 0 aromatic heterocycles. The Labute approximate surface area is 150 Å². The zero-order chi connectivity index (χ0) is 18.1. The molecule has 1 amide bonds.